The number of rotatable bonds is 7. The molecular weight excluding hydrogens is 364 g/mol. The van der Waals surface area contributed by atoms with E-state index in [2.05, 4.69) is 10.0 Å². The Morgan fingerprint density at radius 3 is 2.19 bits per heavy atom. The van der Waals surface area contributed by atoms with E-state index < -0.39 is 16.1 Å². The first-order valence-corrected chi connectivity index (χ1v) is 10.2. The average Bonchev–Trinajstić information content (AvgIpc) is 2.57. The molecule has 6 nitrogen and oxygen atoms in total. The summed E-state index contributed by atoms with van der Waals surface area (Å²) in [7, 11) is -3.71. The lowest BCUT2D eigenvalue weighted by Gasteiger charge is -2.17. The van der Waals surface area contributed by atoms with Crippen LogP contribution in [0.5, 0.6) is 5.75 Å². The van der Waals surface area contributed by atoms with Crippen LogP contribution in [0.2, 0.25) is 0 Å². The summed E-state index contributed by atoms with van der Waals surface area (Å²) in [6.45, 7) is 9.18. The lowest BCUT2D eigenvalue weighted by molar-refractivity contribution is -0.127. The molecule has 0 aliphatic heterocycles. The first kappa shape index (κ1) is 20.8. The SMILES string of the molecule is Cc1ccc(NS(=O)(=O)c2ccc(O[C@H](C)C(=O)NC(C)C)cc2)c(C)c1. The molecule has 0 fully saturated rings. The molecule has 0 saturated heterocycles. The molecule has 0 aliphatic rings. The number of benzene rings is 2. The maximum Gasteiger partial charge on any atom is 0.261 e. The van der Waals surface area contributed by atoms with Gasteiger partial charge in [0.2, 0.25) is 0 Å². The lowest BCUT2D eigenvalue weighted by atomic mass is 10.1. The number of hydrogen-bond donors (Lipinski definition) is 2. The maximum absolute atomic E-state index is 12.6. The van der Waals surface area contributed by atoms with Gasteiger partial charge in [0.05, 0.1) is 10.6 Å². The summed E-state index contributed by atoms with van der Waals surface area (Å²) in [6, 6.07) is 11.5. The van der Waals surface area contributed by atoms with E-state index >= 15 is 0 Å². The largest absolute Gasteiger partial charge is 0.481 e. The molecule has 1 amide bonds. The second-order valence-electron chi connectivity index (χ2n) is 6.82. The molecule has 27 heavy (non-hydrogen) atoms. The second-order valence-corrected chi connectivity index (χ2v) is 8.50. The number of sulfonamides is 1. The second kappa shape index (κ2) is 8.43. The molecule has 0 radical (unpaired) electrons. The number of carbonyl (C=O) groups is 1. The normalized spacial score (nSPS) is 12.5. The fourth-order valence-electron chi connectivity index (χ4n) is 2.49. The molecule has 0 spiro atoms. The van der Waals surface area contributed by atoms with Gasteiger partial charge in [-0.25, -0.2) is 8.42 Å². The number of carbonyl (C=O) groups excluding carboxylic acids is 1. The van der Waals surface area contributed by atoms with E-state index in [0.29, 0.717) is 11.4 Å². The van der Waals surface area contributed by atoms with Crippen LogP contribution in [-0.4, -0.2) is 26.5 Å². The van der Waals surface area contributed by atoms with Crippen molar-refractivity contribution in [2.75, 3.05) is 4.72 Å². The predicted octanol–water partition coefficient (Wildman–Crippen LogP) is 3.40. The smallest absolute Gasteiger partial charge is 0.261 e. The minimum absolute atomic E-state index is 0.0207. The van der Waals surface area contributed by atoms with E-state index in [1.165, 1.54) is 24.3 Å². The van der Waals surface area contributed by atoms with Gasteiger partial charge in [0.1, 0.15) is 5.75 Å². The molecule has 7 heteroatoms. The van der Waals surface area contributed by atoms with Crippen molar-refractivity contribution in [3.8, 4) is 5.75 Å². The highest BCUT2D eigenvalue weighted by atomic mass is 32.2. The van der Waals surface area contributed by atoms with E-state index in [1.54, 1.807) is 13.0 Å². The minimum atomic E-state index is -3.71. The standard InChI is InChI=1S/C20H26N2O4S/c1-13(2)21-20(23)16(5)26-17-7-9-18(10-8-17)27(24,25)22-19-11-6-14(3)12-15(19)4/h6-13,16,22H,1-5H3,(H,21,23)/t16-/m1/s1. The zero-order valence-electron chi connectivity index (χ0n) is 16.2. The van der Waals surface area contributed by atoms with Crippen molar-refractivity contribution in [2.24, 2.45) is 0 Å². The van der Waals surface area contributed by atoms with Crippen molar-refractivity contribution in [1.82, 2.24) is 5.32 Å². The third-order valence-electron chi connectivity index (χ3n) is 3.87. The Hall–Kier alpha value is -2.54. The van der Waals surface area contributed by atoms with Crippen molar-refractivity contribution in [1.29, 1.82) is 0 Å². The van der Waals surface area contributed by atoms with Crippen LogP contribution in [0, 0.1) is 13.8 Å². The van der Waals surface area contributed by atoms with Crippen LogP contribution in [0.1, 0.15) is 31.9 Å². The van der Waals surface area contributed by atoms with Crippen LogP contribution in [0.3, 0.4) is 0 Å². The molecule has 2 aromatic rings. The van der Waals surface area contributed by atoms with Crippen LogP contribution < -0.4 is 14.8 Å². The van der Waals surface area contributed by atoms with E-state index in [-0.39, 0.29) is 16.8 Å². The van der Waals surface area contributed by atoms with Gasteiger partial charge in [-0.1, -0.05) is 17.7 Å². The quantitative estimate of drug-likeness (QED) is 0.759. The van der Waals surface area contributed by atoms with Gasteiger partial charge in [-0.2, -0.15) is 0 Å². The van der Waals surface area contributed by atoms with Gasteiger partial charge in [-0.3, -0.25) is 9.52 Å². The van der Waals surface area contributed by atoms with Gasteiger partial charge < -0.3 is 10.1 Å². The lowest BCUT2D eigenvalue weighted by Crippen LogP contribution is -2.40. The highest BCUT2D eigenvalue weighted by Gasteiger charge is 2.18. The van der Waals surface area contributed by atoms with Gasteiger partial charge >= 0.3 is 0 Å². The van der Waals surface area contributed by atoms with Crippen LogP contribution in [-0.2, 0) is 14.8 Å². The number of hydrogen-bond acceptors (Lipinski definition) is 4. The van der Waals surface area contributed by atoms with E-state index in [0.717, 1.165) is 11.1 Å². The zero-order chi connectivity index (χ0) is 20.2. The van der Waals surface area contributed by atoms with Crippen molar-refractivity contribution in [3.63, 3.8) is 0 Å². The molecule has 0 aliphatic carbocycles. The summed E-state index contributed by atoms with van der Waals surface area (Å²) in [5.74, 6) is 0.199. The summed E-state index contributed by atoms with van der Waals surface area (Å²) in [6.07, 6.45) is -0.678. The van der Waals surface area contributed by atoms with Gasteiger partial charge in [0, 0.05) is 6.04 Å². The number of anilines is 1. The molecule has 0 saturated carbocycles. The molecule has 2 rings (SSSR count). The third-order valence-corrected chi connectivity index (χ3v) is 5.25. The predicted molar refractivity (Wildman–Crippen MR) is 107 cm³/mol. The first-order chi connectivity index (χ1) is 12.6. The van der Waals surface area contributed by atoms with E-state index in [4.69, 9.17) is 4.74 Å². The molecule has 1 atom stereocenters. The monoisotopic (exact) mass is 390 g/mol. The zero-order valence-corrected chi connectivity index (χ0v) is 17.1. The molecule has 2 N–H and O–H groups in total. The molecule has 0 unspecified atom stereocenters. The summed E-state index contributed by atoms with van der Waals surface area (Å²) >= 11 is 0. The molecule has 0 aromatic heterocycles. The summed E-state index contributed by atoms with van der Waals surface area (Å²) in [5.41, 5.74) is 2.45. The Bertz CT molecular complexity index is 906. The van der Waals surface area contributed by atoms with Crippen molar-refractivity contribution >= 4 is 21.6 Å². The fourth-order valence-corrected chi connectivity index (χ4v) is 3.62. The van der Waals surface area contributed by atoms with Crippen molar-refractivity contribution < 1.29 is 17.9 Å². The topological polar surface area (TPSA) is 84.5 Å². The van der Waals surface area contributed by atoms with Crippen molar-refractivity contribution in [2.45, 2.75) is 51.7 Å². The Kier molecular flexibility index (Phi) is 6.49. The summed E-state index contributed by atoms with van der Waals surface area (Å²) < 4.78 is 33.3. The minimum Gasteiger partial charge on any atom is -0.481 e. The Labute approximate surface area is 161 Å². The van der Waals surface area contributed by atoms with Crippen LogP contribution in [0.25, 0.3) is 0 Å². The highest BCUT2D eigenvalue weighted by Crippen LogP contribution is 2.22. The van der Waals surface area contributed by atoms with E-state index in [9.17, 15) is 13.2 Å². The highest BCUT2D eigenvalue weighted by molar-refractivity contribution is 7.92. The van der Waals surface area contributed by atoms with E-state index in [1.807, 2.05) is 39.8 Å². The van der Waals surface area contributed by atoms with Crippen LogP contribution in [0.15, 0.2) is 47.4 Å². The molecule has 2 aromatic carbocycles. The molecule has 0 bridgehead atoms. The Morgan fingerprint density at radius 2 is 1.63 bits per heavy atom. The molecular formula is C20H26N2O4S. The first-order valence-electron chi connectivity index (χ1n) is 8.75. The van der Waals surface area contributed by atoms with Gasteiger partial charge in [-0.15, -0.1) is 0 Å². The molecule has 0 heterocycles. The third kappa shape index (κ3) is 5.72. The average molecular weight is 391 g/mol. The number of nitrogens with one attached hydrogen (secondary N) is 2. The Balaban J connectivity index is 2.10. The van der Waals surface area contributed by atoms with Crippen LogP contribution >= 0.6 is 0 Å². The van der Waals surface area contributed by atoms with Gasteiger partial charge in [0.25, 0.3) is 15.9 Å². The summed E-state index contributed by atoms with van der Waals surface area (Å²) in [4.78, 5) is 12.0. The number of aryl methyl sites for hydroxylation is 2. The number of amides is 1. The van der Waals surface area contributed by atoms with Gasteiger partial charge in [0.15, 0.2) is 6.10 Å². The maximum atomic E-state index is 12.6. The Morgan fingerprint density at radius 1 is 1.00 bits per heavy atom. The number of ether oxygens (including phenoxy) is 1. The van der Waals surface area contributed by atoms with Crippen molar-refractivity contribution in [3.05, 3.63) is 53.6 Å². The fraction of sp³-hybridized carbons (Fsp3) is 0.350. The summed E-state index contributed by atoms with van der Waals surface area (Å²) in [5, 5.41) is 2.77. The molecule has 146 valence electrons. The van der Waals surface area contributed by atoms with Gasteiger partial charge in [-0.05, 0) is 70.5 Å². The van der Waals surface area contributed by atoms with Crippen LogP contribution in [0.4, 0.5) is 5.69 Å².